The molecule has 0 amide bonds. The Morgan fingerprint density at radius 1 is 1.16 bits per heavy atom. The van der Waals surface area contributed by atoms with Gasteiger partial charge in [-0.25, -0.2) is 9.78 Å². The van der Waals surface area contributed by atoms with Crippen LogP contribution in [0.25, 0.3) is 0 Å². The third kappa shape index (κ3) is 7.76. The number of rotatable bonds is 8. The molecule has 0 aliphatic carbocycles. The molecule has 0 fully saturated rings. The zero-order valence-electron chi connectivity index (χ0n) is 17.1. The van der Waals surface area contributed by atoms with E-state index in [0.717, 1.165) is 21.2 Å². The summed E-state index contributed by atoms with van der Waals surface area (Å²) in [6.45, 7) is 4.65. The molecule has 0 spiro atoms. The van der Waals surface area contributed by atoms with Gasteiger partial charge in [-0.2, -0.15) is 0 Å². The zero-order valence-corrected chi connectivity index (χ0v) is 17.9. The van der Waals surface area contributed by atoms with Crippen LogP contribution in [-0.4, -0.2) is 32.4 Å². The van der Waals surface area contributed by atoms with E-state index in [1.807, 2.05) is 67.6 Å². The fourth-order valence-corrected chi connectivity index (χ4v) is 3.55. The first-order valence-electron chi connectivity index (χ1n) is 9.34. The molecule has 2 aromatic carbocycles. The summed E-state index contributed by atoms with van der Waals surface area (Å²) in [4.78, 5) is 26.2. The summed E-state index contributed by atoms with van der Waals surface area (Å²) < 4.78 is 12.8. The minimum absolute atomic E-state index is 0.221. The Balaban J connectivity index is 0.000000785. The van der Waals surface area contributed by atoms with Gasteiger partial charge in [0.15, 0.2) is 0 Å². The average Bonchev–Trinajstić information content (AvgIpc) is 3.05. The van der Waals surface area contributed by atoms with Crippen LogP contribution >= 0.6 is 11.8 Å². The second-order valence-electron chi connectivity index (χ2n) is 6.09. The number of imidazole rings is 1. The van der Waals surface area contributed by atoms with Crippen molar-refractivity contribution < 1.29 is 24.6 Å². The number of hydrogen-bond donors (Lipinski definition) is 1. The van der Waals surface area contributed by atoms with Gasteiger partial charge in [0.25, 0.3) is 5.09 Å². The fourth-order valence-electron chi connectivity index (χ4n) is 2.59. The Morgan fingerprint density at radius 2 is 1.74 bits per heavy atom. The summed E-state index contributed by atoms with van der Waals surface area (Å²) in [5.74, 6) is -0.176. The van der Waals surface area contributed by atoms with Gasteiger partial charge in [0.2, 0.25) is 5.82 Å². The summed E-state index contributed by atoms with van der Waals surface area (Å²) in [6.07, 6.45) is 0. The largest absolute Gasteiger partial charge is 0.460 e. The zero-order chi connectivity index (χ0) is 22.6. The average molecular weight is 445 g/mol. The summed E-state index contributed by atoms with van der Waals surface area (Å²) in [7, 11) is 0. The highest BCUT2D eigenvalue weighted by Crippen LogP contribution is 2.31. The highest BCUT2D eigenvalue weighted by atomic mass is 32.2. The molecule has 164 valence electrons. The van der Waals surface area contributed by atoms with Gasteiger partial charge in [0, 0.05) is 4.90 Å². The summed E-state index contributed by atoms with van der Waals surface area (Å²) in [6, 6.07) is 19.9. The van der Waals surface area contributed by atoms with Gasteiger partial charge in [-0.15, -0.1) is 10.1 Å². The molecule has 3 aromatic rings. The highest BCUT2D eigenvalue weighted by Gasteiger charge is 2.22. The molecule has 3 rings (SSSR count). The van der Waals surface area contributed by atoms with Crippen LogP contribution in [0, 0.1) is 17.0 Å². The maximum Gasteiger partial charge on any atom is 0.374 e. The SMILES string of the molecule is CCOC(=O)c1nc(C)c(Sc2ccccc2)n1COCc1ccccc1.O=[N+]([O-])O. The van der Waals surface area contributed by atoms with Crippen molar-refractivity contribution >= 4 is 17.7 Å². The molecular weight excluding hydrogens is 422 g/mol. The maximum absolute atomic E-state index is 12.3. The quantitative estimate of drug-likeness (QED) is 0.309. The van der Waals surface area contributed by atoms with Crippen molar-refractivity contribution in [3.8, 4) is 0 Å². The van der Waals surface area contributed by atoms with E-state index < -0.39 is 11.1 Å². The molecule has 0 radical (unpaired) electrons. The van der Waals surface area contributed by atoms with Crippen LogP contribution in [0.15, 0.2) is 70.6 Å². The first kappa shape index (κ1) is 23.9. The summed E-state index contributed by atoms with van der Waals surface area (Å²) in [5, 5.41) is 14.5. The van der Waals surface area contributed by atoms with E-state index in [9.17, 15) is 4.79 Å². The molecule has 0 aliphatic rings. The lowest BCUT2D eigenvalue weighted by Crippen LogP contribution is -2.15. The molecule has 0 atom stereocenters. The van der Waals surface area contributed by atoms with Gasteiger partial charge in [-0.05, 0) is 31.5 Å². The number of nitrogens with zero attached hydrogens (tertiary/aromatic N) is 3. The van der Waals surface area contributed by atoms with Crippen LogP contribution in [0.4, 0.5) is 0 Å². The molecule has 0 unspecified atom stereocenters. The predicted octanol–water partition coefficient (Wildman–Crippen LogP) is 4.35. The molecule has 10 heteroatoms. The molecular formula is C21H23N3O6S. The van der Waals surface area contributed by atoms with Crippen LogP contribution in [-0.2, 0) is 22.8 Å². The van der Waals surface area contributed by atoms with Gasteiger partial charge < -0.3 is 14.7 Å². The summed E-state index contributed by atoms with van der Waals surface area (Å²) >= 11 is 1.56. The smallest absolute Gasteiger partial charge is 0.374 e. The van der Waals surface area contributed by atoms with Crippen LogP contribution in [0.5, 0.6) is 0 Å². The maximum atomic E-state index is 12.3. The van der Waals surface area contributed by atoms with Crippen LogP contribution in [0.3, 0.4) is 0 Å². The molecule has 9 nitrogen and oxygen atoms in total. The number of benzene rings is 2. The van der Waals surface area contributed by atoms with Crippen molar-refractivity contribution in [3.63, 3.8) is 0 Å². The lowest BCUT2D eigenvalue weighted by Gasteiger charge is -2.12. The van der Waals surface area contributed by atoms with Crippen molar-refractivity contribution in [2.45, 2.75) is 37.1 Å². The van der Waals surface area contributed by atoms with Crippen LogP contribution in [0.2, 0.25) is 0 Å². The van der Waals surface area contributed by atoms with Gasteiger partial charge in [-0.1, -0.05) is 60.3 Å². The molecule has 0 saturated carbocycles. The second-order valence-corrected chi connectivity index (χ2v) is 7.15. The Morgan fingerprint density at radius 3 is 2.32 bits per heavy atom. The van der Waals surface area contributed by atoms with Gasteiger partial charge in [-0.3, -0.25) is 4.57 Å². The lowest BCUT2D eigenvalue weighted by atomic mass is 10.2. The number of hydrogen-bond acceptors (Lipinski definition) is 7. The Kier molecular flexibility index (Phi) is 9.53. The van der Waals surface area contributed by atoms with Crippen molar-refractivity contribution in [1.29, 1.82) is 0 Å². The first-order chi connectivity index (χ1) is 14.9. The molecule has 1 heterocycles. The third-order valence-electron chi connectivity index (χ3n) is 3.83. The molecule has 31 heavy (non-hydrogen) atoms. The van der Waals surface area contributed by atoms with Crippen LogP contribution < -0.4 is 0 Å². The predicted molar refractivity (Wildman–Crippen MR) is 113 cm³/mol. The van der Waals surface area contributed by atoms with Gasteiger partial charge >= 0.3 is 5.97 Å². The number of carbonyl (C=O) groups is 1. The minimum atomic E-state index is -1.50. The standard InChI is InChI=1S/C21H22N2O3S.HNO3/c1-3-26-21(24)19-22-16(2)20(27-18-12-8-5-9-13-18)23(19)15-25-14-17-10-6-4-7-11-17;2-1(3)4/h4-13H,3,14-15H2,1-2H3;(H,2,3,4). The number of aryl methyl sites for hydroxylation is 1. The Bertz CT molecular complexity index is 976. The van der Waals surface area contributed by atoms with E-state index in [1.54, 1.807) is 23.3 Å². The van der Waals surface area contributed by atoms with E-state index in [4.69, 9.17) is 24.8 Å². The monoisotopic (exact) mass is 445 g/mol. The highest BCUT2D eigenvalue weighted by molar-refractivity contribution is 7.99. The van der Waals surface area contributed by atoms with E-state index in [-0.39, 0.29) is 12.6 Å². The van der Waals surface area contributed by atoms with Crippen molar-refractivity contribution in [3.05, 3.63) is 87.9 Å². The van der Waals surface area contributed by atoms with E-state index in [1.165, 1.54) is 0 Å². The van der Waals surface area contributed by atoms with E-state index in [0.29, 0.717) is 13.2 Å². The molecule has 0 aliphatic heterocycles. The first-order valence-corrected chi connectivity index (χ1v) is 10.2. The van der Waals surface area contributed by atoms with Crippen molar-refractivity contribution in [1.82, 2.24) is 9.55 Å². The van der Waals surface area contributed by atoms with Crippen molar-refractivity contribution in [2.24, 2.45) is 0 Å². The molecule has 1 N–H and O–H groups in total. The number of esters is 1. The number of aromatic nitrogens is 2. The Hall–Kier alpha value is -3.37. The van der Waals surface area contributed by atoms with Crippen LogP contribution in [0.1, 0.15) is 28.8 Å². The van der Waals surface area contributed by atoms with Gasteiger partial charge in [0.1, 0.15) is 11.8 Å². The number of carbonyl (C=O) groups excluding carboxylic acids is 1. The normalized spacial score (nSPS) is 10.1. The fraction of sp³-hybridized carbons (Fsp3) is 0.238. The lowest BCUT2D eigenvalue weighted by molar-refractivity contribution is -0.742. The van der Waals surface area contributed by atoms with E-state index in [2.05, 4.69) is 4.98 Å². The Labute approximate surface area is 183 Å². The molecule has 0 bridgehead atoms. The number of ether oxygens (including phenoxy) is 2. The molecule has 0 saturated heterocycles. The second kappa shape index (κ2) is 12.4. The van der Waals surface area contributed by atoms with Gasteiger partial charge in [0.05, 0.1) is 18.9 Å². The summed E-state index contributed by atoms with van der Waals surface area (Å²) in [5.41, 5.74) is 1.85. The topological polar surface area (TPSA) is 117 Å². The van der Waals surface area contributed by atoms with E-state index >= 15 is 0 Å². The van der Waals surface area contributed by atoms with Crippen molar-refractivity contribution in [2.75, 3.05) is 6.61 Å². The molecule has 1 aromatic heterocycles. The third-order valence-corrected chi connectivity index (χ3v) is 5.05. The minimum Gasteiger partial charge on any atom is -0.460 e.